The molecule has 3 rings (SSSR count). The molecule has 1 amide bonds. The van der Waals surface area contributed by atoms with E-state index in [9.17, 15) is 4.79 Å². The highest BCUT2D eigenvalue weighted by atomic mass is 32.2. The molecule has 0 saturated carbocycles. The Morgan fingerprint density at radius 2 is 2.10 bits per heavy atom. The molecule has 110 valence electrons. The van der Waals surface area contributed by atoms with Gasteiger partial charge in [-0.25, -0.2) is 0 Å². The van der Waals surface area contributed by atoms with Gasteiger partial charge in [0.1, 0.15) is 5.82 Å². The number of hydrogen-bond acceptors (Lipinski definition) is 3. The van der Waals surface area contributed by atoms with E-state index in [2.05, 4.69) is 17.3 Å². The van der Waals surface area contributed by atoms with Gasteiger partial charge in [-0.3, -0.25) is 9.48 Å². The zero-order valence-electron chi connectivity index (χ0n) is 12.3. The number of carbonyl (C=O) groups is 1. The van der Waals surface area contributed by atoms with Gasteiger partial charge >= 0.3 is 0 Å². The topological polar surface area (TPSA) is 46.9 Å². The fourth-order valence-corrected chi connectivity index (χ4v) is 3.62. The molecule has 4 nitrogen and oxygen atoms in total. The first-order valence-electron chi connectivity index (χ1n) is 7.22. The molecule has 0 bridgehead atoms. The van der Waals surface area contributed by atoms with Crippen LogP contribution in [0, 0.1) is 0 Å². The Morgan fingerprint density at radius 1 is 1.33 bits per heavy atom. The third kappa shape index (κ3) is 2.83. The maximum absolute atomic E-state index is 12.4. The number of anilines is 1. The highest BCUT2D eigenvalue weighted by molar-refractivity contribution is 7.98. The van der Waals surface area contributed by atoms with Crippen LogP contribution in [0.4, 0.5) is 5.82 Å². The standard InChI is InChI=1S/C16H19N3OS/c1-3-4-11-5-7-12(8-6-11)16(20)17-15-13-9-21-10-14(13)18-19(15)2/h5-8H,3-4,9-10H2,1-2H3,(H,17,20). The number of rotatable bonds is 4. The lowest BCUT2D eigenvalue weighted by molar-refractivity contribution is 0.102. The van der Waals surface area contributed by atoms with E-state index >= 15 is 0 Å². The summed E-state index contributed by atoms with van der Waals surface area (Å²) in [5.74, 6) is 2.62. The molecule has 0 radical (unpaired) electrons. The first-order valence-corrected chi connectivity index (χ1v) is 8.37. The van der Waals surface area contributed by atoms with Gasteiger partial charge in [-0.1, -0.05) is 25.5 Å². The van der Waals surface area contributed by atoms with Crippen molar-refractivity contribution < 1.29 is 4.79 Å². The SMILES string of the molecule is CCCc1ccc(C(=O)Nc2c3c(nn2C)CSC3)cc1. The van der Waals surface area contributed by atoms with Gasteiger partial charge in [-0.2, -0.15) is 16.9 Å². The molecule has 0 saturated heterocycles. The largest absolute Gasteiger partial charge is 0.307 e. The Balaban J connectivity index is 1.77. The lowest BCUT2D eigenvalue weighted by Gasteiger charge is -2.08. The Morgan fingerprint density at radius 3 is 2.81 bits per heavy atom. The summed E-state index contributed by atoms with van der Waals surface area (Å²) in [5, 5.41) is 7.46. The van der Waals surface area contributed by atoms with Crippen LogP contribution >= 0.6 is 11.8 Å². The van der Waals surface area contributed by atoms with Crippen molar-refractivity contribution in [2.75, 3.05) is 5.32 Å². The molecule has 1 N–H and O–H groups in total. The molecule has 1 aromatic carbocycles. The van der Waals surface area contributed by atoms with E-state index in [1.165, 1.54) is 11.1 Å². The number of amides is 1. The number of aromatic nitrogens is 2. The van der Waals surface area contributed by atoms with Crippen molar-refractivity contribution in [1.29, 1.82) is 0 Å². The summed E-state index contributed by atoms with van der Waals surface area (Å²) in [4.78, 5) is 12.4. The van der Waals surface area contributed by atoms with Gasteiger partial charge in [-0.05, 0) is 24.1 Å². The molecule has 2 heterocycles. The third-order valence-corrected chi connectivity index (χ3v) is 4.67. The van der Waals surface area contributed by atoms with Crippen molar-refractivity contribution >= 4 is 23.5 Å². The summed E-state index contributed by atoms with van der Waals surface area (Å²) >= 11 is 1.84. The molecule has 0 fully saturated rings. The van der Waals surface area contributed by atoms with Crippen molar-refractivity contribution in [2.45, 2.75) is 31.3 Å². The molecule has 1 aliphatic heterocycles. The van der Waals surface area contributed by atoms with Gasteiger partial charge < -0.3 is 5.32 Å². The highest BCUT2D eigenvalue weighted by Gasteiger charge is 2.22. The summed E-state index contributed by atoms with van der Waals surface area (Å²) in [6.45, 7) is 2.15. The Kier molecular flexibility index (Phi) is 4.01. The third-order valence-electron chi connectivity index (χ3n) is 3.70. The Bertz CT molecular complexity index is 661. The quantitative estimate of drug-likeness (QED) is 0.942. The summed E-state index contributed by atoms with van der Waals surface area (Å²) in [6, 6.07) is 7.85. The highest BCUT2D eigenvalue weighted by Crippen LogP contribution is 2.34. The maximum Gasteiger partial charge on any atom is 0.256 e. The van der Waals surface area contributed by atoms with E-state index < -0.39 is 0 Å². The molecule has 0 spiro atoms. The second-order valence-electron chi connectivity index (χ2n) is 5.29. The predicted octanol–water partition coefficient (Wildman–Crippen LogP) is 3.37. The van der Waals surface area contributed by atoms with Crippen LogP contribution in [0.3, 0.4) is 0 Å². The van der Waals surface area contributed by atoms with E-state index in [1.807, 2.05) is 43.1 Å². The number of nitrogens with one attached hydrogen (secondary N) is 1. The fraction of sp³-hybridized carbons (Fsp3) is 0.375. The summed E-state index contributed by atoms with van der Waals surface area (Å²) in [5.41, 5.74) is 4.22. The second-order valence-corrected chi connectivity index (χ2v) is 6.28. The van der Waals surface area contributed by atoms with Crippen molar-refractivity contribution in [3.05, 3.63) is 46.6 Å². The number of aryl methyl sites for hydroxylation is 2. The Hall–Kier alpha value is -1.75. The zero-order valence-corrected chi connectivity index (χ0v) is 13.2. The molecule has 5 heteroatoms. The van der Waals surface area contributed by atoms with E-state index in [4.69, 9.17) is 0 Å². The smallest absolute Gasteiger partial charge is 0.256 e. The lowest BCUT2D eigenvalue weighted by Crippen LogP contribution is -2.15. The average molecular weight is 301 g/mol. The van der Waals surface area contributed by atoms with Crippen LogP contribution in [0.2, 0.25) is 0 Å². The molecule has 1 aliphatic rings. The molecule has 2 aromatic rings. The molecule has 0 atom stereocenters. The van der Waals surface area contributed by atoms with Gasteiger partial charge in [0.25, 0.3) is 5.91 Å². The number of carbonyl (C=O) groups excluding carboxylic acids is 1. The van der Waals surface area contributed by atoms with Crippen LogP contribution in [0.15, 0.2) is 24.3 Å². The van der Waals surface area contributed by atoms with Crippen LogP contribution < -0.4 is 5.32 Å². The zero-order chi connectivity index (χ0) is 14.8. The van der Waals surface area contributed by atoms with Gasteiger partial charge in [-0.15, -0.1) is 0 Å². The van der Waals surface area contributed by atoms with Gasteiger partial charge in [0.15, 0.2) is 0 Å². The van der Waals surface area contributed by atoms with Gasteiger partial charge in [0.05, 0.1) is 5.69 Å². The maximum atomic E-state index is 12.4. The van der Waals surface area contributed by atoms with Crippen LogP contribution in [0.25, 0.3) is 0 Å². The normalized spacial score (nSPS) is 13.2. The molecule has 0 aliphatic carbocycles. The van der Waals surface area contributed by atoms with Crippen molar-refractivity contribution in [1.82, 2.24) is 9.78 Å². The molecule has 1 aromatic heterocycles. The van der Waals surface area contributed by atoms with Gasteiger partial charge in [0.2, 0.25) is 0 Å². The monoisotopic (exact) mass is 301 g/mol. The van der Waals surface area contributed by atoms with E-state index in [0.717, 1.165) is 35.9 Å². The summed E-state index contributed by atoms with van der Waals surface area (Å²) in [6.07, 6.45) is 2.17. The summed E-state index contributed by atoms with van der Waals surface area (Å²) < 4.78 is 1.77. The first kappa shape index (κ1) is 14.2. The molecule has 0 unspecified atom stereocenters. The van der Waals surface area contributed by atoms with Crippen LogP contribution in [-0.4, -0.2) is 15.7 Å². The van der Waals surface area contributed by atoms with E-state index in [-0.39, 0.29) is 5.91 Å². The number of thioether (sulfide) groups is 1. The van der Waals surface area contributed by atoms with Crippen molar-refractivity contribution in [2.24, 2.45) is 7.05 Å². The summed E-state index contributed by atoms with van der Waals surface area (Å²) in [7, 11) is 1.88. The van der Waals surface area contributed by atoms with Crippen molar-refractivity contribution in [3.8, 4) is 0 Å². The van der Waals surface area contributed by atoms with Crippen LogP contribution in [0.5, 0.6) is 0 Å². The van der Waals surface area contributed by atoms with E-state index in [0.29, 0.717) is 5.56 Å². The average Bonchev–Trinajstić information content (AvgIpc) is 3.03. The minimum Gasteiger partial charge on any atom is -0.307 e. The van der Waals surface area contributed by atoms with Crippen LogP contribution in [0.1, 0.15) is 40.5 Å². The number of benzene rings is 1. The first-order chi connectivity index (χ1) is 10.2. The molecular formula is C16H19N3OS. The van der Waals surface area contributed by atoms with E-state index in [1.54, 1.807) is 4.68 Å². The lowest BCUT2D eigenvalue weighted by atomic mass is 10.1. The van der Waals surface area contributed by atoms with Gasteiger partial charge in [0, 0.05) is 29.7 Å². The predicted molar refractivity (Wildman–Crippen MR) is 86.6 cm³/mol. The molecular weight excluding hydrogens is 282 g/mol. The molecule has 21 heavy (non-hydrogen) atoms. The number of fused-ring (bicyclic) bond motifs is 1. The van der Waals surface area contributed by atoms with Crippen molar-refractivity contribution in [3.63, 3.8) is 0 Å². The Labute approximate surface area is 128 Å². The number of nitrogens with zero attached hydrogens (tertiary/aromatic N) is 2. The minimum atomic E-state index is -0.0688. The fourth-order valence-electron chi connectivity index (χ4n) is 2.59. The minimum absolute atomic E-state index is 0.0688. The van der Waals surface area contributed by atoms with Crippen LogP contribution in [-0.2, 0) is 25.0 Å². The number of hydrogen-bond donors (Lipinski definition) is 1. The second kappa shape index (κ2) is 5.93.